The number of hydrogen-bond donors (Lipinski definition) is 2. The predicted molar refractivity (Wildman–Crippen MR) is 112 cm³/mol. The van der Waals surface area contributed by atoms with Gasteiger partial charge >= 0.3 is 0 Å². The lowest BCUT2D eigenvalue weighted by Crippen LogP contribution is -2.32. The number of sulfonamides is 1. The van der Waals surface area contributed by atoms with Gasteiger partial charge in [0.25, 0.3) is 0 Å². The Balaban J connectivity index is 0.000000210. The maximum absolute atomic E-state index is 11.1. The highest BCUT2D eigenvalue weighted by molar-refractivity contribution is 7.89. The summed E-state index contributed by atoms with van der Waals surface area (Å²) in [5.41, 5.74) is 0. The summed E-state index contributed by atoms with van der Waals surface area (Å²) in [4.78, 5) is 21.9. The normalized spacial score (nSPS) is 26.9. The number of rotatable bonds is 3. The summed E-state index contributed by atoms with van der Waals surface area (Å²) in [5, 5.41) is 5.97. The second-order valence-corrected chi connectivity index (χ2v) is 10.7. The van der Waals surface area contributed by atoms with Crippen LogP contribution in [0.5, 0.6) is 0 Å². The first-order valence-electron chi connectivity index (χ1n) is 10.5. The molecule has 0 aromatic carbocycles. The molecule has 7 nitrogen and oxygen atoms in total. The van der Waals surface area contributed by atoms with Gasteiger partial charge in [0.05, 0.1) is 11.8 Å². The van der Waals surface area contributed by atoms with E-state index in [0.29, 0.717) is 29.9 Å². The van der Waals surface area contributed by atoms with E-state index in [1.165, 1.54) is 0 Å². The molecule has 0 aliphatic carbocycles. The third-order valence-electron chi connectivity index (χ3n) is 5.36. The second-order valence-electron chi connectivity index (χ2n) is 8.70. The first-order valence-corrected chi connectivity index (χ1v) is 12.1. The van der Waals surface area contributed by atoms with Crippen LogP contribution >= 0.6 is 0 Å². The average molecular weight is 418 g/mol. The molecule has 0 saturated carbocycles. The molecule has 3 aliphatic heterocycles. The van der Waals surface area contributed by atoms with Crippen molar-refractivity contribution in [3.8, 4) is 0 Å². The van der Waals surface area contributed by atoms with Gasteiger partial charge < -0.3 is 10.6 Å². The Morgan fingerprint density at radius 2 is 1.64 bits per heavy atom. The Morgan fingerprint density at radius 1 is 1.00 bits per heavy atom. The fraction of sp³-hybridized carbons (Fsp3) is 0.900. The van der Waals surface area contributed by atoms with Crippen molar-refractivity contribution in [2.45, 2.75) is 72.9 Å². The summed E-state index contributed by atoms with van der Waals surface area (Å²) in [6, 6.07) is 0.275. The molecule has 0 radical (unpaired) electrons. The van der Waals surface area contributed by atoms with Crippen molar-refractivity contribution < 1.29 is 18.0 Å². The standard InChI is InChI=1S/2C7H13NO.C6H13NO2S/c1-5(2)7-6(9)3-4-8-7;1-5(2)6-3-4-8-7(6)9;1-6(2)7-4-3-5-10(7,8)9/h5,7-8H,3-4H2,1-2H3;5-6H,3-4H2,1-2H3,(H,8,9);6H,3-5H2,1-2H3. The topological polar surface area (TPSA) is 95.6 Å². The van der Waals surface area contributed by atoms with E-state index in [1.807, 2.05) is 13.8 Å². The van der Waals surface area contributed by atoms with Crippen molar-refractivity contribution in [3.05, 3.63) is 0 Å². The molecule has 0 aromatic heterocycles. The number of amides is 1. The fourth-order valence-electron chi connectivity index (χ4n) is 3.72. The SMILES string of the molecule is CC(C)C1CCNC1=O.CC(C)C1NCCC1=O.CC(C)N1CCCS1(=O)=O. The van der Waals surface area contributed by atoms with Gasteiger partial charge in [0.1, 0.15) is 0 Å². The Hall–Kier alpha value is -0.990. The average Bonchev–Trinajstić information content (AvgIpc) is 3.28. The van der Waals surface area contributed by atoms with E-state index in [-0.39, 0.29) is 23.9 Å². The van der Waals surface area contributed by atoms with Crippen LogP contribution in [0.3, 0.4) is 0 Å². The first kappa shape index (κ1) is 25.0. The highest BCUT2D eigenvalue weighted by atomic mass is 32.2. The Bertz CT molecular complexity index is 587. The molecule has 0 bridgehead atoms. The maximum Gasteiger partial charge on any atom is 0.223 e. The Kier molecular flexibility index (Phi) is 10.1. The molecule has 3 heterocycles. The highest BCUT2D eigenvalue weighted by Crippen LogP contribution is 2.18. The molecule has 2 unspecified atom stereocenters. The van der Waals surface area contributed by atoms with E-state index in [1.54, 1.807) is 4.31 Å². The predicted octanol–water partition coefficient (Wildman–Crippen LogP) is 1.78. The quantitative estimate of drug-likeness (QED) is 0.730. The Labute approximate surface area is 171 Å². The van der Waals surface area contributed by atoms with E-state index in [4.69, 9.17) is 0 Å². The van der Waals surface area contributed by atoms with Crippen molar-refractivity contribution in [1.29, 1.82) is 0 Å². The number of ketones is 1. The van der Waals surface area contributed by atoms with Crippen molar-refractivity contribution in [1.82, 2.24) is 14.9 Å². The minimum Gasteiger partial charge on any atom is -0.356 e. The zero-order valence-electron chi connectivity index (χ0n) is 18.3. The van der Waals surface area contributed by atoms with Crippen LogP contribution in [0, 0.1) is 17.8 Å². The van der Waals surface area contributed by atoms with Crippen LogP contribution in [0.1, 0.15) is 60.8 Å². The molecule has 3 aliphatic rings. The highest BCUT2D eigenvalue weighted by Gasteiger charge is 2.30. The molecule has 8 heteroatoms. The molecule has 28 heavy (non-hydrogen) atoms. The minimum atomic E-state index is -2.85. The smallest absolute Gasteiger partial charge is 0.223 e. The summed E-state index contributed by atoms with van der Waals surface area (Å²) in [6.45, 7) is 14.6. The first-order chi connectivity index (χ1) is 13.0. The molecule has 0 spiro atoms. The fourth-order valence-corrected chi connectivity index (χ4v) is 5.49. The number of nitrogens with one attached hydrogen (secondary N) is 2. The van der Waals surface area contributed by atoms with Crippen molar-refractivity contribution in [3.63, 3.8) is 0 Å². The summed E-state index contributed by atoms with van der Waals surface area (Å²) < 4.78 is 23.8. The van der Waals surface area contributed by atoms with Crippen molar-refractivity contribution in [2.24, 2.45) is 17.8 Å². The summed E-state index contributed by atoms with van der Waals surface area (Å²) >= 11 is 0. The summed E-state index contributed by atoms with van der Waals surface area (Å²) in [5.74, 6) is 2.21. The molecule has 3 saturated heterocycles. The molecular formula is C20H39N3O4S. The van der Waals surface area contributed by atoms with Gasteiger partial charge in [-0.2, -0.15) is 4.31 Å². The van der Waals surface area contributed by atoms with E-state index >= 15 is 0 Å². The second kappa shape index (κ2) is 11.3. The van der Waals surface area contributed by atoms with Crippen LogP contribution in [-0.4, -0.2) is 61.9 Å². The third kappa shape index (κ3) is 7.44. The van der Waals surface area contributed by atoms with Crippen LogP contribution < -0.4 is 10.6 Å². The van der Waals surface area contributed by atoms with Crippen molar-refractivity contribution in [2.75, 3.05) is 25.4 Å². The monoisotopic (exact) mass is 417 g/mol. The number of carbonyl (C=O) groups is 2. The molecule has 2 atom stereocenters. The van der Waals surface area contributed by atoms with Crippen LogP contribution in [0.15, 0.2) is 0 Å². The van der Waals surface area contributed by atoms with Crippen LogP contribution in [0.2, 0.25) is 0 Å². The Morgan fingerprint density at radius 3 is 1.86 bits per heavy atom. The lowest BCUT2D eigenvalue weighted by atomic mass is 9.95. The van der Waals surface area contributed by atoms with Gasteiger partial charge in [-0.05, 0) is 38.5 Å². The van der Waals surface area contributed by atoms with Gasteiger partial charge in [-0.1, -0.05) is 27.7 Å². The zero-order valence-corrected chi connectivity index (χ0v) is 19.1. The third-order valence-corrected chi connectivity index (χ3v) is 7.48. The maximum atomic E-state index is 11.1. The molecule has 164 valence electrons. The van der Waals surface area contributed by atoms with Crippen LogP contribution in [0.25, 0.3) is 0 Å². The minimum absolute atomic E-state index is 0.132. The lowest BCUT2D eigenvalue weighted by Gasteiger charge is -2.17. The molecule has 2 N–H and O–H groups in total. The van der Waals surface area contributed by atoms with Crippen LogP contribution in [0.4, 0.5) is 0 Å². The van der Waals surface area contributed by atoms with E-state index in [0.717, 1.165) is 32.4 Å². The summed E-state index contributed by atoms with van der Waals surface area (Å²) in [6.07, 6.45) is 2.54. The number of carbonyl (C=O) groups excluding carboxylic acids is 2. The zero-order chi connectivity index (χ0) is 21.5. The van der Waals surface area contributed by atoms with Gasteiger partial charge in [-0.25, -0.2) is 8.42 Å². The van der Waals surface area contributed by atoms with Crippen molar-refractivity contribution >= 4 is 21.7 Å². The van der Waals surface area contributed by atoms with Gasteiger partial charge in [-0.15, -0.1) is 0 Å². The van der Waals surface area contributed by atoms with Gasteiger partial charge in [0, 0.05) is 38.0 Å². The molecule has 1 amide bonds. The van der Waals surface area contributed by atoms with E-state index < -0.39 is 10.0 Å². The number of Topliss-reactive ketones (excluding diaryl/α,β-unsaturated/α-hetero) is 1. The molecule has 3 rings (SSSR count). The lowest BCUT2D eigenvalue weighted by molar-refractivity contribution is -0.123. The molecule has 3 fully saturated rings. The van der Waals surface area contributed by atoms with Crippen LogP contribution in [-0.2, 0) is 19.6 Å². The molecule has 0 aromatic rings. The molecular weight excluding hydrogens is 378 g/mol. The summed E-state index contributed by atoms with van der Waals surface area (Å²) in [7, 11) is -2.85. The van der Waals surface area contributed by atoms with E-state index in [9.17, 15) is 18.0 Å². The number of nitrogens with zero attached hydrogens (tertiary/aromatic N) is 1. The van der Waals surface area contributed by atoms with Gasteiger partial charge in [0.15, 0.2) is 5.78 Å². The largest absolute Gasteiger partial charge is 0.356 e. The van der Waals surface area contributed by atoms with Gasteiger partial charge in [0.2, 0.25) is 15.9 Å². The van der Waals surface area contributed by atoms with Gasteiger partial charge in [-0.3, -0.25) is 9.59 Å². The number of hydrogen-bond acceptors (Lipinski definition) is 5. The van der Waals surface area contributed by atoms with E-state index in [2.05, 4.69) is 38.3 Å².